The van der Waals surface area contributed by atoms with Crippen LogP contribution in [0.4, 0.5) is 22.0 Å². The molecule has 0 radical (unpaired) electrons. The Balaban J connectivity index is 2.28. The number of imidazole rings is 1. The summed E-state index contributed by atoms with van der Waals surface area (Å²) in [4.78, 5) is 20.0. The Morgan fingerprint density at radius 2 is 1.76 bits per heavy atom. The number of fused-ring (bicyclic) bond motifs is 1. The van der Waals surface area contributed by atoms with Gasteiger partial charge in [-0.25, -0.2) is 18.4 Å². The number of alkyl halides is 5. The van der Waals surface area contributed by atoms with Crippen LogP contribution in [-0.4, -0.2) is 57.5 Å². The van der Waals surface area contributed by atoms with Crippen LogP contribution in [0.1, 0.15) is 30.0 Å². The fourth-order valence-electron chi connectivity index (χ4n) is 2.89. The Morgan fingerprint density at radius 1 is 1.09 bits per heavy atom. The summed E-state index contributed by atoms with van der Waals surface area (Å²) in [6.07, 6.45) is -5.90. The lowest BCUT2D eigenvalue weighted by atomic mass is 10.2. The number of rotatable bonds is 6. The molecule has 0 aliphatic carbocycles. The van der Waals surface area contributed by atoms with Gasteiger partial charge in [0.1, 0.15) is 22.6 Å². The molecule has 0 aliphatic rings. The van der Waals surface area contributed by atoms with E-state index < -0.39 is 39.1 Å². The van der Waals surface area contributed by atoms with Crippen molar-refractivity contribution in [1.29, 1.82) is 0 Å². The Labute approximate surface area is 184 Å². The summed E-state index contributed by atoms with van der Waals surface area (Å²) in [5.41, 5.74) is -2.70. The smallest absolute Gasteiger partial charge is 0.351 e. The molecule has 0 spiro atoms. The number of carbonyl (C=O) groups is 1. The Kier molecular flexibility index (Phi) is 6.12. The highest BCUT2D eigenvalue weighted by atomic mass is 32.2. The fourth-order valence-corrected chi connectivity index (χ4v) is 3.90. The SMILES string of the molecule is CCNC(=O)c1ccc(S(=O)(=O)CC)c(-c2nc3cc(C(F)(F)C(F)(F)F)nnc3n2C)n1. The second kappa shape index (κ2) is 8.28. The van der Waals surface area contributed by atoms with E-state index in [4.69, 9.17) is 0 Å². The number of carbonyl (C=O) groups excluding carboxylic acids is 1. The van der Waals surface area contributed by atoms with Crippen molar-refractivity contribution in [2.24, 2.45) is 7.05 Å². The van der Waals surface area contributed by atoms with Crippen molar-refractivity contribution in [3.05, 3.63) is 29.6 Å². The molecule has 15 heteroatoms. The molecule has 3 aromatic heterocycles. The third kappa shape index (κ3) is 4.24. The summed E-state index contributed by atoms with van der Waals surface area (Å²) in [5.74, 6) is -6.43. The number of aryl methyl sites for hydroxylation is 1. The van der Waals surface area contributed by atoms with Gasteiger partial charge in [-0.05, 0) is 25.1 Å². The van der Waals surface area contributed by atoms with Crippen LogP contribution in [0.3, 0.4) is 0 Å². The molecule has 0 atom stereocenters. The number of amides is 1. The molecule has 3 heterocycles. The van der Waals surface area contributed by atoms with E-state index in [2.05, 4.69) is 25.5 Å². The van der Waals surface area contributed by atoms with E-state index in [1.165, 1.54) is 20.0 Å². The van der Waals surface area contributed by atoms with Gasteiger partial charge >= 0.3 is 12.1 Å². The highest BCUT2D eigenvalue weighted by molar-refractivity contribution is 7.91. The zero-order valence-electron chi connectivity index (χ0n) is 17.4. The Morgan fingerprint density at radius 3 is 2.33 bits per heavy atom. The van der Waals surface area contributed by atoms with Crippen LogP contribution >= 0.6 is 0 Å². The van der Waals surface area contributed by atoms with Crippen LogP contribution in [0.5, 0.6) is 0 Å². The van der Waals surface area contributed by atoms with Crippen LogP contribution in [0.2, 0.25) is 0 Å². The minimum atomic E-state index is -5.90. The first-order chi connectivity index (χ1) is 15.2. The standard InChI is InChI=1S/C18H17F5N6O3S/c1-4-24-16(30)9-6-7-11(33(31,32)5-2)13(25-9)15-26-10-8-12(17(19,20)18(21,22)23)27-28-14(10)29(15)3/h6-8H,4-5H2,1-3H3,(H,24,30). The molecular weight excluding hydrogens is 475 g/mol. The Bertz CT molecular complexity index is 1340. The van der Waals surface area contributed by atoms with Crippen LogP contribution in [-0.2, 0) is 22.8 Å². The van der Waals surface area contributed by atoms with Crippen LogP contribution in [0.15, 0.2) is 23.1 Å². The zero-order chi connectivity index (χ0) is 24.8. The van der Waals surface area contributed by atoms with Crippen molar-refractivity contribution >= 4 is 26.9 Å². The maximum atomic E-state index is 13.7. The monoisotopic (exact) mass is 492 g/mol. The molecule has 178 valence electrons. The van der Waals surface area contributed by atoms with E-state index in [0.717, 1.165) is 10.6 Å². The van der Waals surface area contributed by atoms with Crippen molar-refractivity contribution in [2.45, 2.75) is 30.8 Å². The van der Waals surface area contributed by atoms with E-state index in [9.17, 15) is 35.2 Å². The molecule has 0 fully saturated rings. The van der Waals surface area contributed by atoms with Crippen molar-refractivity contribution < 1.29 is 35.2 Å². The average Bonchev–Trinajstić information content (AvgIpc) is 3.08. The van der Waals surface area contributed by atoms with Crippen molar-refractivity contribution in [1.82, 2.24) is 30.0 Å². The fraction of sp³-hybridized carbons (Fsp3) is 0.389. The van der Waals surface area contributed by atoms with Crippen LogP contribution in [0.25, 0.3) is 22.7 Å². The molecule has 0 saturated heterocycles. The molecule has 0 aliphatic heterocycles. The number of nitrogens with zero attached hydrogens (tertiary/aromatic N) is 5. The van der Waals surface area contributed by atoms with Gasteiger partial charge in [-0.15, -0.1) is 10.2 Å². The molecule has 0 aromatic carbocycles. The molecule has 3 aromatic rings. The van der Waals surface area contributed by atoms with E-state index in [1.807, 2.05) is 0 Å². The van der Waals surface area contributed by atoms with Gasteiger partial charge < -0.3 is 9.88 Å². The first-order valence-corrected chi connectivity index (χ1v) is 11.1. The first-order valence-electron chi connectivity index (χ1n) is 9.42. The number of hydrogen-bond donors (Lipinski definition) is 1. The molecule has 1 N–H and O–H groups in total. The van der Waals surface area contributed by atoms with Gasteiger partial charge in [0.2, 0.25) is 0 Å². The number of sulfone groups is 1. The van der Waals surface area contributed by atoms with E-state index in [1.54, 1.807) is 6.92 Å². The zero-order valence-corrected chi connectivity index (χ0v) is 18.2. The maximum absolute atomic E-state index is 13.7. The van der Waals surface area contributed by atoms with Gasteiger partial charge in [0.25, 0.3) is 5.91 Å². The second-order valence-electron chi connectivity index (χ2n) is 6.81. The first kappa shape index (κ1) is 24.4. The molecule has 9 nitrogen and oxygen atoms in total. The van der Waals surface area contributed by atoms with E-state index in [-0.39, 0.29) is 40.1 Å². The molecule has 0 unspecified atom stereocenters. The molecular formula is C18H17F5N6O3S. The lowest BCUT2D eigenvalue weighted by Gasteiger charge is -2.17. The lowest BCUT2D eigenvalue weighted by molar-refractivity contribution is -0.291. The quantitative estimate of drug-likeness (QED) is 0.526. The Hall–Kier alpha value is -3.23. The van der Waals surface area contributed by atoms with E-state index in [0.29, 0.717) is 6.07 Å². The minimum Gasteiger partial charge on any atom is -0.351 e. The number of aromatic nitrogens is 5. The summed E-state index contributed by atoms with van der Waals surface area (Å²) >= 11 is 0. The number of nitrogens with one attached hydrogen (secondary N) is 1. The van der Waals surface area contributed by atoms with Gasteiger partial charge in [0, 0.05) is 13.6 Å². The third-order valence-corrected chi connectivity index (χ3v) is 6.41. The maximum Gasteiger partial charge on any atom is 0.459 e. The van der Waals surface area contributed by atoms with Crippen LogP contribution < -0.4 is 5.32 Å². The predicted molar refractivity (Wildman–Crippen MR) is 105 cm³/mol. The normalized spacial score (nSPS) is 12.8. The lowest BCUT2D eigenvalue weighted by Crippen LogP contribution is -2.34. The third-order valence-electron chi connectivity index (χ3n) is 4.65. The van der Waals surface area contributed by atoms with Crippen molar-refractivity contribution in [2.75, 3.05) is 12.3 Å². The van der Waals surface area contributed by atoms with Gasteiger partial charge in [-0.2, -0.15) is 22.0 Å². The van der Waals surface area contributed by atoms with Gasteiger partial charge in [0.15, 0.2) is 21.3 Å². The summed E-state index contributed by atoms with van der Waals surface area (Å²) in [7, 11) is -2.57. The average molecular weight is 492 g/mol. The second-order valence-corrected chi connectivity index (χ2v) is 9.06. The van der Waals surface area contributed by atoms with Crippen molar-refractivity contribution in [3.63, 3.8) is 0 Å². The van der Waals surface area contributed by atoms with Gasteiger partial charge in [-0.1, -0.05) is 6.92 Å². The molecule has 33 heavy (non-hydrogen) atoms. The molecule has 0 bridgehead atoms. The van der Waals surface area contributed by atoms with E-state index >= 15 is 0 Å². The predicted octanol–water partition coefficient (Wildman–Crippen LogP) is 2.62. The number of pyridine rings is 1. The minimum absolute atomic E-state index is 0.149. The molecule has 3 rings (SSSR count). The highest BCUT2D eigenvalue weighted by Gasteiger charge is 2.60. The summed E-state index contributed by atoms with van der Waals surface area (Å²) in [6.45, 7) is 3.30. The number of halogens is 5. The highest BCUT2D eigenvalue weighted by Crippen LogP contribution is 2.43. The molecule has 1 amide bonds. The van der Waals surface area contributed by atoms with Crippen molar-refractivity contribution in [3.8, 4) is 11.5 Å². The van der Waals surface area contributed by atoms with Gasteiger partial charge in [0.05, 0.1) is 10.6 Å². The number of hydrogen-bond acceptors (Lipinski definition) is 7. The summed E-state index contributed by atoms with van der Waals surface area (Å²) in [5, 5.41) is 8.91. The summed E-state index contributed by atoms with van der Waals surface area (Å²) < 4.78 is 91.9. The van der Waals surface area contributed by atoms with Crippen LogP contribution in [0, 0.1) is 0 Å². The largest absolute Gasteiger partial charge is 0.459 e. The molecule has 0 saturated carbocycles. The summed E-state index contributed by atoms with van der Waals surface area (Å²) in [6, 6.07) is 2.77. The topological polar surface area (TPSA) is 120 Å². The van der Waals surface area contributed by atoms with Gasteiger partial charge in [-0.3, -0.25) is 4.79 Å².